The van der Waals surface area contributed by atoms with E-state index in [1.54, 1.807) is 30.4 Å². The fourth-order valence-corrected chi connectivity index (χ4v) is 3.96. The number of aromatic nitrogens is 4. The van der Waals surface area contributed by atoms with Crippen LogP contribution in [0, 0.1) is 0 Å². The monoisotopic (exact) mass is 356 g/mol. The van der Waals surface area contributed by atoms with Crippen LogP contribution in [0.5, 0.6) is 0 Å². The van der Waals surface area contributed by atoms with E-state index in [2.05, 4.69) is 20.2 Å². The molecule has 138 valence electrons. The van der Waals surface area contributed by atoms with Crippen molar-refractivity contribution in [3.63, 3.8) is 0 Å². The fraction of sp³-hybridized carbons (Fsp3) is 0.556. The number of β-amino-alcohol motifs (C(OH)–C–C–N with tert-alkyl or cyclic N) is 1. The molecule has 1 atom stereocenters. The second-order valence-corrected chi connectivity index (χ2v) is 7.34. The maximum atomic E-state index is 12.9. The summed E-state index contributed by atoms with van der Waals surface area (Å²) in [6, 6.07) is 1.77. The van der Waals surface area contributed by atoms with E-state index in [0.717, 1.165) is 36.9 Å². The number of aromatic amines is 1. The summed E-state index contributed by atoms with van der Waals surface area (Å²) < 4.78 is 0. The average molecular weight is 356 g/mol. The number of aliphatic hydroxyl groups is 1. The molecule has 4 rings (SSSR count). The minimum absolute atomic E-state index is 0.132. The number of H-pyrrole nitrogens is 1. The number of fused-ring (bicyclic) bond motifs is 1. The molecular weight excluding hydrogens is 332 g/mol. The topological polar surface area (TPSA) is 98.2 Å². The van der Waals surface area contributed by atoms with Crippen molar-refractivity contribution in [3.8, 4) is 0 Å². The number of nitrogens with one attached hydrogen (secondary N) is 1. The van der Waals surface area contributed by atoms with Crippen LogP contribution >= 0.6 is 0 Å². The molecule has 8 nitrogen and oxygen atoms in total. The zero-order valence-corrected chi connectivity index (χ0v) is 15.0. The molecule has 1 fully saturated rings. The molecular formula is C18H24N6O2. The largest absolute Gasteiger partial charge is 0.386 e. The summed E-state index contributed by atoms with van der Waals surface area (Å²) in [4.78, 5) is 24.9. The number of amides is 1. The summed E-state index contributed by atoms with van der Waals surface area (Å²) in [6.07, 6.45) is 8.02. The summed E-state index contributed by atoms with van der Waals surface area (Å²) in [5.74, 6) is 0.478. The Labute approximate surface area is 152 Å². The van der Waals surface area contributed by atoms with Crippen LogP contribution in [0.1, 0.15) is 41.0 Å². The van der Waals surface area contributed by atoms with Crippen LogP contribution in [0.15, 0.2) is 18.5 Å². The van der Waals surface area contributed by atoms with Crippen LogP contribution in [-0.2, 0) is 12.8 Å². The molecule has 0 saturated carbocycles. The predicted octanol–water partition coefficient (Wildman–Crippen LogP) is 0.792. The molecule has 2 aliphatic rings. The van der Waals surface area contributed by atoms with Crippen molar-refractivity contribution in [1.29, 1.82) is 0 Å². The molecule has 1 aliphatic carbocycles. The molecule has 0 bridgehead atoms. The van der Waals surface area contributed by atoms with E-state index in [1.165, 1.54) is 0 Å². The van der Waals surface area contributed by atoms with Crippen LogP contribution in [0.4, 0.5) is 5.95 Å². The van der Waals surface area contributed by atoms with E-state index >= 15 is 0 Å². The maximum Gasteiger partial charge on any atom is 0.274 e. The van der Waals surface area contributed by atoms with E-state index < -0.39 is 5.60 Å². The Kier molecular flexibility index (Phi) is 4.36. The van der Waals surface area contributed by atoms with E-state index in [1.807, 2.05) is 4.90 Å². The quantitative estimate of drug-likeness (QED) is 0.841. The molecule has 1 saturated heterocycles. The highest BCUT2D eigenvalue weighted by atomic mass is 16.3. The smallest absolute Gasteiger partial charge is 0.274 e. The third-order valence-electron chi connectivity index (χ3n) is 5.30. The first-order valence-corrected chi connectivity index (χ1v) is 9.12. The summed E-state index contributed by atoms with van der Waals surface area (Å²) >= 11 is 0. The van der Waals surface area contributed by atoms with Crippen molar-refractivity contribution in [2.24, 2.45) is 0 Å². The first-order valence-electron chi connectivity index (χ1n) is 9.12. The Morgan fingerprint density at radius 1 is 1.35 bits per heavy atom. The lowest BCUT2D eigenvalue weighted by Gasteiger charge is -2.29. The van der Waals surface area contributed by atoms with Crippen molar-refractivity contribution in [3.05, 3.63) is 35.4 Å². The number of aryl methyl sites for hydroxylation is 1. The Morgan fingerprint density at radius 3 is 2.92 bits per heavy atom. The van der Waals surface area contributed by atoms with Gasteiger partial charge in [0.1, 0.15) is 5.60 Å². The maximum absolute atomic E-state index is 12.9. The molecule has 0 aromatic carbocycles. The van der Waals surface area contributed by atoms with Gasteiger partial charge >= 0.3 is 0 Å². The molecule has 1 amide bonds. The van der Waals surface area contributed by atoms with Crippen LogP contribution in [0.2, 0.25) is 0 Å². The molecule has 0 radical (unpaired) electrons. The fourth-order valence-electron chi connectivity index (χ4n) is 3.96. The second kappa shape index (κ2) is 6.68. The minimum Gasteiger partial charge on any atom is -0.386 e. The Hall–Kier alpha value is -2.48. The zero-order chi connectivity index (χ0) is 18.1. The number of rotatable bonds is 4. The van der Waals surface area contributed by atoms with Crippen LogP contribution in [0.3, 0.4) is 0 Å². The number of carbonyl (C=O) groups excluding carboxylic acids is 1. The Bertz CT molecular complexity index is 792. The highest BCUT2D eigenvalue weighted by Gasteiger charge is 2.39. The first kappa shape index (κ1) is 17.0. The predicted molar refractivity (Wildman–Crippen MR) is 96.0 cm³/mol. The molecule has 2 N–H and O–H groups in total. The first-order chi connectivity index (χ1) is 12.6. The van der Waals surface area contributed by atoms with Gasteiger partial charge in [0, 0.05) is 37.2 Å². The van der Waals surface area contributed by atoms with Gasteiger partial charge in [0.05, 0.1) is 13.1 Å². The van der Waals surface area contributed by atoms with Crippen molar-refractivity contribution in [2.75, 3.05) is 31.6 Å². The highest BCUT2D eigenvalue weighted by molar-refractivity contribution is 5.94. The number of likely N-dealkylation sites (N-methyl/N-ethyl adjacent to an activating group) is 1. The summed E-state index contributed by atoms with van der Waals surface area (Å²) in [5.41, 5.74) is 1.66. The molecule has 1 aliphatic heterocycles. The van der Waals surface area contributed by atoms with E-state index in [4.69, 9.17) is 0 Å². The Morgan fingerprint density at radius 2 is 2.12 bits per heavy atom. The lowest BCUT2D eigenvalue weighted by Crippen LogP contribution is -2.46. The molecule has 2 aromatic rings. The number of anilines is 1. The molecule has 0 unspecified atom stereocenters. The summed E-state index contributed by atoms with van der Waals surface area (Å²) in [5, 5.41) is 18.2. The molecule has 0 spiro atoms. The third kappa shape index (κ3) is 3.16. The van der Waals surface area contributed by atoms with Gasteiger partial charge in [-0.25, -0.2) is 9.97 Å². The van der Waals surface area contributed by atoms with Gasteiger partial charge in [-0.1, -0.05) is 0 Å². The van der Waals surface area contributed by atoms with Crippen molar-refractivity contribution in [1.82, 2.24) is 25.1 Å². The van der Waals surface area contributed by atoms with Gasteiger partial charge in [0.15, 0.2) is 5.69 Å². The second-order valence-electron chi connectivity index (χ2n) is 7.34. The van der Waals surface area contributed by atoms with Gasteiger partial charge in [0.2, 0.25) is 5.95 Å². The van der Waals surface area contributed by atoms with Gasteiger partial charge in [-0.15, -0.1) is 0 Å². The minimum atomic E-state index is -0.972. The van der Waals surface area contributed by atoms with Gasteiger partial charge < -0.3 is 14.9 Å². The van der Waals surface area contributed by atoms with Crippen LogP contribution in [-0.4, -0.2) is 68.4 Å². The molecule has 8 heteroatoms. The average Bonchev–Trinajstić information content (AvgIpc) is 3.26. The van der Waals surface area contributed by atoms with E-state index in [9.17, 15) is 9.90 Å². The zero-order valence-electron chi connectivity index (χ0n) is 15.0. The van der Waals surface area contributed by atoms with Crippen LogP contribution in [0.25, 0.3) is 0 Å². The van der Waals surface area contributed by atoms with Crippen LogP contribution < -0.4 is 4.90 Å². The lowest BCUT2D eigenvalue weighted by atomic mass is 9.95. The third-order valence-corrected chi connectivity index (χ3v) is 5.30. The highest BCUT2D eigenvalue weighted by Crippen LogP contribution is 2.27. The normalized spacial score (nSPS) is 22.3. The SMILES string of the molecule is CN(C[C@@]1(O)CCN(c2ncccn2)C1)C(=O)c1n[nH]c2c1CCCC2. The van der Waals surface area contributed by atoms with Crippen molar-refractivity contribution >= 4 is 11.9 Å². The summed E-state index contributed by atoms with van der Waals surface area (Å²) in [7, 11) is 1.73. The number of nitrogens with zero attached hydrogens (tertiary/aromatic N) is 5. The Balaban J connectivity index is 1.44. The molecule has 26 heavy (non-hydrogen) atoms. The standard InChI is InChI=1S/C18H24N6O2/c1-23(16(25)15-13-5-2-3-6-14(13)21-22-15)11-18(26)7-10-24(12-18)17-19-8-4-9-20-17/h4,8-9,26H,2-3,5-7,10-12H2,1H3,(H,21,22)/t18-/m0/s1. The van der Waals surface area contributed by atoms with Gasteiger partial charge in [-0.2, -0.15) is 5.10 Å². The number of carbonyl (C=O) groups is 1. The number of hydrogen-bond donors (Lipinski definition) is 2. The van der Waals surface area contributed by atoms with E-state index in [0.29, 0.717) is 31.2 Å². The number of hydrogen-bond acceptors (Lipinski definition) is 6. The van der Waals surface area contributed by atoms with E-state index in [-0.39, 0.29) is 12.5 Å². The van der Waals surface area contributed by atoms with Gasteiger partial charge in [0.25, 0.3) is 5.91 Å². The van der Waals surface area contributed by atoms with Crippen molar-refractivity contribution < 1.29 is 9.90 Å². The van der Waals surface area contributed by atoms with Gasteiger partial charge in [-0.05, 0) is 38.2 Å². The van der Waals surface area contributed by atoms with Crippen molar-refractivity contribution in [2.45, 2.75) is 37.7 Å². The lowest BCUT2D eigenvalue weighted by molar-refractivity contribution is 0.0261. The molecule has 3 heterocycles. The van der Waals surface area contributed by atoms with Gasteiger partial charge in [-0.3, -0.25) is 9.89 Å². The molecule has 2 aromatic heterocycles. The summed E-state index contributed by atoms with van der Waals surface area (Å²) in [6.45, 7) is 1.34.